The second-order valence-corrected chi connectivity index (χ2v) is 6.81. The summed E-state index contributed by atoms with van der Waals surface area (Å²) in [6, 6.07) is 0. The van der Waals surface area contributed by atoms with E-state index in [1.54, 1.807) is 0 Å². The van der Waals surface area contributed by atoms with E-state index in [1.807, 2.05) is 20.8 Å². The Morgan fingerprint density at radius 1 is 1.29 bits per heavy atom. The molecule has 0 aliphatic rings. The molecule has 2 N–H and O–H groups in total. The third-order valence-electron chi connectivity index (χ3n) is 2.21. The Bertz CT molecular complexity index is 346. The van der Waals surface area contributed by atoms with E-state index in [9.17, 15) is 13.2 Å². The molecule has 0 saturated heterocycles. The van der Waals surface area contributed by atoms with Crippen molar-refractivity contribution < 1.29 is 18.3 Å². The number of carbonyl (C=O) groups is 1. The number of hydrogen-bond donors (Lipinski definition) is 2. The second kappa shape index (κ2) is 6.20. The van der Waals surface area contributed by atoms with Gasteiger partial charge in [-0.05, 0) is 33.6 Å². The van der Waals surface area contributed by atoms with Crippen LogP contribution in [-0.2, 0) is 10.0 Å². The smallest absolute Gasteiger partial charge is 0.407 e. The van der Waals surface area contributed by atoms with E-state index in [2.05, 4.69) is 4.72 Å². The molecule has 0 rings (SSSR count). The lowest BCUT2D eigenvalue weighted by Gasteiger charge is -2.33. The fourth-order valence-corrected chi connectivity index (χ4v) is 1.89. The van der Waals surface area contributed by atoms with Gasteiger partial charge in [-0.15, -0.1) is 0 Å². The lowest BCUT2D eigenvalue weighted by Crippen LogP contribution is -2.45. The van der Waals surface area contributed by atoms with Gasteiger partial charge in [-0.2, -0.15) is 0 Å². The van der Waals surface area contributed by atoms with Crippen LogP contribution >= 0.6 is 0 Å². The quantitative estimate of drug-likeness (QED) is 0.705. The van der Waals surface area contributed by atoms with Gasteiger partial charge < -0.3 is 10.0 Å². The fourth-order valence-electron chi connectivity index (χ4n) is 1.37. The molecule has 0 bridgehead atoms. The van der Waals surface area contributed by atoms with Gasteiger partial charge in [0.25, 0.3) is 0 Å². The van der Waals surface area contributed by atoms with Crippen LogP contribution in [0.15, 0.2) is 0 Å². The van der Waals surface area contributed by atoms with E-state index < -0.39 is 21.7 Å². The van der Waals surface area contributed by atoms with Gasteiger partial charge in [0.1, 0.15) is 0 Å². The molecule has 0 aromatic heterocycles. The van der Waals surface area contributed by atoms with E-state index in [1.165, 1.54) is 4.90 Å². The minimum absolute atomic E-state index is 0.344. The Hall–Kier alpha value is -0.820. The van der Waals surface area contributed by atoms with Crippen molar-refractivity contribution in [2.24, 2.45) is 0 Å². The molecule has 0 radical (unpaired) electrons. The van der Waals surface area contributed by atoms with Crippen LogP contribution in [0.1, 0.15) is 33.6 Å². The molecule has 1 amide bonds. The summed E-state index contributed by atoms with van der Waals surface area (Å²) in [5.41, 5.74) is -0.434. The van der Waals surface area contributed by atoms with Crippen LogP contribution < -0.4 is 4.72 Å². The number of hydrogen-bond acceptors (Lipinski definition) is 3. The van der Waals surface area contributed by atoms with Crippen LogP contribution in [-0.4, -0.2) is 49.4 Å². The monoisotopic (exact) mass is 266 g/mol. The molecule has 0 aliphatic heterocycles. The van der Waals surface area contributed by atoms with Crippen molar-refractivity contribution in [1.82, 2.24) is 9.62 Å². The first-order valence-corrected chi connectivity index (χ1v) is 7.38. The number of rotatable bonds is 6. The Kier molecular flexibility index (Phi) is 5.91. The maximum Gasteiger partial charge on any atom is 0.407 e. The molecule has 0 spiro atoms. The van der Waals surface area contributed by atoms with Gasteiger partial charge in [0, 0.05) is 18.6 Å². The third-order valence-corrected chi connectivity index (χ3v) is 2.94. The van der Waals surface area contributed by atoms with Crippen molar-refractivity contribution >= 4 is 16.1 Å². The summed E-state index contributed by atoms with van der Waals surface area (Å²) >= 11 is 0. The molecule has 0 aromatic carbocycles. The molecule has 0 fully saturated rings. The predicted molar refractivity (Wildman–Crippen MR) is 66.6 cm³/mol. The minimum atomic E-state index is -3.15. The lowest BCUT2D eigenvalue weighted by atomic mass is 10.1. The SMILES string of the molecule is CC(C)(C)N(CCCCNS(C)(=O)=O)C(=O)O. The molecule has 0 heterocycles. The summed E-state index contributed by atoms with van der Waals surface area (Å²) in [4.78, 5) is 12.3. The normalized spacial score (nSPS) is 12.5. The highest BCUT2D eigenvalue weighted by Gasteiger charge is 2.25. The average molecular weight is 266 g/mol. The summed E-state index contributed by atoms with van der Waals surface area (Å²) in [5.74, 6) is 0. The zero-order valence-corrected chi connectivity index (χ0v) is 11.7. The molecule has 102 valence electrons. The van der Waals surface area contributed by atoms with Crippen molar-refractivity contribution in [3.05, 3.63) is 0 Å². The van der Waals surface area contributed by atoms with Crippen molar-refractivity contribution in [3.8, 4) is 0 Å². The zero-order valence-electron chi connectivity index (χ0n) is 10.9. The third kappa shape index (κ3) is 7.98. The van der Waals surface area contributed by atoms with E-state index >= 15 is 0 Å². The highest BCUT2D eigenvalue weighted by molar-refractivity contribution is 7.88. The summed E-state index contributed by atoms with van der Waals surface area (Å²) in [7, 11) is -3.15. The summed E-state index contributed by atoms with van der Waals surface area (Å²) in [6.07, 6.45) is 1.40. The highest BCUT2D eigenvalue weighted by atomic mass is 32.2. The first kappa shape index (κ1) is 16.2. The van der Waals surface area contributed by atoms with Crippen molar-refractivity contribution in [1.29, 1.82) is 0 Å². The van der Waals surface area contributed by atoms with Crippen LogP contribution in [0, 0.1) is 0 Å². The van der Waals surface area contributed by atoms with Gasteiger partial charge in [0.05, 0.1) is 6.26 Å². The number of carboxylic acid groups (broad SMARTS) is 1. The number of sulfonamides is 1. The van der Waals surface area contributed by atoms with E-state index in [0.717, 1.165) is 6.26 Å². The maximum atomic E-state index is 11.0. The Balaban J connectivity index is 3.97. The molecular weight excluding hydrogens is 244 g/mol. The second-order valence-electron chi connectivity index (χ2n) is 4.98. The molecular formula is C10H22N2O4S. The summed E-state index contributed by atoms with van der Waals surface area (Å²) < 4.78 is 23.9. The minimum Gasteiger partial charge on any atom is -0.465 e. The van der Waals surface area contributed by atoms with Crippen molar-refractivity contribution in [3.63, 3.8) is 0 Å². The van der Waals surface area contributed by atoms with Crippen LogP contribution in [0.4, 0.5) is 4.79 Å². The Morgan fingerprint density at radius 3 is 2.18 bits per heavy atom. The van der Waals surface area contributed by atoms with Gasteiger partial charge in [0.2, 0.25) is 10.0 Å². The summed E-state index contributed by atoms with van der Waals surface area (Å²) in [5, 5.41) is 9.01. The molecule has 0 aliphatic carbocycles. The predicted octanol–water partition coefficient (Wildman–Crippen LogP) is 1.09. The maximum absolute atomic E-state index is 11.0. The van der Waals surface area contributed by atoms with Gasteiger partial charge >= 0.3 is 6.09 Å². The number of nitrogens with one attached hydrogen (secondary N) is 1. The Labute approximate surface area is 103 Å². The molecule has 0 saturated carbocycles. The zero-order chi connectivity index (χ0) is 13.7. The number of nitrogens with zero attached hydrogens (tertiary/aromatic N) is 1. The first-order valence-electron chi connectivity index (χ1n) is 5.49. The van der Waals surface area contributed by atoms with Gasteiger partial charge in [-0.1, -0.05) is 0 Å². The summed E-state index contributed by atoms with van der Waals surface area (Å²) in [6.45, 7) is 6.24. The molecule has 6 nitrogen and oxygen atoms in total. The molecule has 17 heavy (non-hydrogen) atoms. The lowest BCUT2D eigenvalue weighted by molar-refractivity contribution is 0.0992. The Morgan fingerprint density at radius 2 is 1.82 bits per heavy atom. The standard InChI is InChI=1S/C10H22N2O4S/c1-10(2,3)12(9(13)14)8-6-5-7-11-17(4,15)16/h11H,5-8H2,1-4H3,(H,13,14). The molecule has 0 unspecified atom stereocenters. The average Bonchev–Trinajstić information content (AvgIpc) is 2.05. The fraction of sp³-hybridized carbons (Fsp3) is 0.900. The molecule has 0 aromatic rings. The van der Waals surface area contributed by atoms with E-state index in [4.69, 9.17) is 5.11 Å². The largest absolute Gasteiger partial charge is 0.465 e. The number of unbranched alkanes of at least 4 members (excludes halogenated alkanes) is 1. The first-order chi connectivity index (χ1) is 7.54. The van der Waals surface area contributed by atoms with Gasteiger partial charge in [0.15, 0.2) is 0 Å². The van der Waals surface area contributed by atoms with Crippen LogP contribution in [0.5, 0.6) is 0 Å². The van der Waals surface area contributed by atoms with E-state index in [0.29, 0.717) is 25.9 Å². The highest BCUT2D eigenvalue weighted by Crippen LogP contribution is 2.14. The van der Waals surface area contributed by atoms with Crippen molar-refractivity contribution in [2.45, 2.75) is 39.2 Å². The van der Waals surface area contributed by atoms with Crippen LogP contribution in [0.2, 0.25) is 0 Å². The molecule has 0 atom stereocenters. The number of amides is 1. The topological polar surface area (TPSA) is 86.7 Å². The van der Waals surface area contributed by atoms with Crippen LogP contribution in [0.3, 0.4) is 0 Å². The van der Waals surface area contributed by atoms with Crippen molar-refractivity contribution in [2.75, 3.05) is 19.3 Å². The van der Waals surface area contributed by atoms with Crippen LogP contribution in [0.25, 0.3) is 0 Å². The molecule has 7 heteroatoms. The van der Waals surface area contributed by atoms with Gasteiger partial charge in [-0.3, -0.25) is 0 Å². The van der Waals surface area contributed by atoms with E-state index in [-0.39, 0.29) is 0 Å². The van der Waals surface area contributed by atoms with Gasteiger partial charge in [-0.25, -0.2) is 17.9 Å².